The van der Waals surface area contributed by atoms with Gasteiger partial charge in [-0.1, -0.05) is 20.3 Å². The van der Waals surface area contributed by atoms with Crippen molar-refractivity contribution in [2.75, 3.05) is 26.2 Å². The Morgan fingerprint density at radius 2 is 1.85 bits per heavy atom. The summed E-state index contributed by atoms with van der Waals surface area (Å²) in [7, 11) is -3.57. The molecule has 2 aromatic rings. The van der Waals surface area contributed by atoms with Crippen molar-refractivity contribution < 1.29 is 17.6 Å². The van der Waals surface area contributed by atoms with Crippen LogP contribution in [0.1, 0.15) is 26.7 Å². The van der Waals surface area contributed by atoms with Crippen LogP contribution in [0.25, 0.3) is 11.0 Å². The van der Waals surface area contributed by atoms with Crippen molar-refractivity contribution in [3.63, 3.8) is 0 Å². The fraction of sp³-hybridized carbons (Fsp3) is 0.450. The van der Waals surface area contributed by atoms with E-state index < -0.39 is 10.0 Å². The summed E-state index contributed by atoms with van der Waals surface area (Å²) < 4.78 is 32.9. The van der Waals surface area contributed by atoms with Crippen LogP contribution in [0.5, 0.6) is 0 Å². The molecule has 1 unspecified atom stereocenters. The Morgan fingerprint density at radius 1 is 1.15 bits per heavy atom. The first kappa shape index (κ1) is 18.3. The smallest absolute Gasteiger partial charge is 0.243 e. The molecule has 4 rings (SSSR count). The Labute approximate surface area is 159 Å². The molecule has 0 N–H and O–H groups in total. The van der Waals surface area contributed by atoms with Gasteiger partial charge in [0.1, 0.15) is 5.58 Å². The van der Waals surface area contributed by atoms with Crippen LogP contribution >= 0.6 is 0 Å². The van der Waals surface area contributed by atoms with Crippen LogP contribution in [0.4, 0.5) is 0 Å². The van der Waals surface area contributed by atoms with Crippen LogP contribution < -0.4 is 0 Å². The second kappa shape index (κ2) is 6.80. The molecule has 2 aliphatic heterocycles. The molecule has 27 heavy (non-hydrogen) atoms. The fourth-order valence-electron chi connectivity index (χ4n) is 3.99. The second-order valence-corrected chi connectivity index (χ2v) is 9.42. The van der Waals surface area contributed by atoms with Gasteiger partial charge in [0.05, 0.1) is 11.2 Å². The zero-order valence-electron chi connectivity index (χ0n) is 15.6. The number of benzene rings is 1. The molecule has 0 aliphatic carbocycles. The van der Waals surface area contributed by atoms with Crippen molar-refractivity contribution in [3.8, 4) is 0 Å². The van der Waals surface area contributed by atoms with Crippen molar-refractivity contribution in [2.24, 2.45) is 5.92 Å². The summed E-state index contributed by atoms with van der Waals surface area (Å²) >= 11 is 0. The first-order valence-corrected chi connectivity index (χ1v) is 10.8. The number of hydrogen-bond acceptors (Lipinski definition) is 4. The fourth-order valence-corrected chi connectivity index (χ4v) is 5.46. The van der Waals surface area contributed by atoms with Gasteiger partial charge in [-0.2, -0.15) is 4.31 Å². The molecular formula is C20H24N2O4S. The molecule has 2 aliphatic rings. The van der Waals surface area contributed by atoms with Crippen molar-refractivity contribution >= 4 is 26.9 Å². The molecule has 1 atom stereocenters. The predicted molar refractivity (Wildman–Crippen MR) is 103 cm³/mol. The quantitative estimate of drug-likeness (QED) is 0.738. The molecule has 1 amide bonds. The summed E-state index contributed by atoms with van der Waals surface area (Å²) in [6, 6.07) is 6.69. The van der Waals surface area contributed by atoms with Gasteiger partial charge in [-0.05, 0) is 41.8 Å². The van der Waals surface area contributed by atoms with E-state index in [4.69, 9.17) is 4.42 Å². The maximum atomic E-state index is 13.0. The number of amides is 1. The minimum absolute atomic E-state index is 0.0246. The molecule has 1 aromatic heterocycles. The molecule has 1 aromatic carbocycles. The van der Waals surface area contributed by atoms with Crippen molar-refractivity contribution in [3.05, 3.63) is 41.7 Å². The Balaban J connectivity index is 1.46. The highest BCUT2D eigenvalue weighted by atomic mass is 32.2. The molecule has 3 heterocycles. The minimum atomic E-state index is -3.57. The van der Waals surface area contributed by atoms with E-state index in [0.717, 1.165) is 29.4 Å². The number of rotatable bonds is 5. The molecule has 0 fully saturated rings. The van der Waals surface area contributed by atoms with Gasteiger partial charge < -0.3 is 9.32 Å². The van der Waals surface area contributed by atoms with Gasteiger partial charge >= 0.3 is 0 Å². The summed E-state index contributed by atoms with van der Waals surface area (Å²) in [6.45, 7) is 5.89. The lowest BCUT2D eigenvalue weighted by atomic mass is 10.0. The van der Waals surface area contributed by atoms with Gasteiger partial charge in [0, 0.05) is 37.5 Å². The van der Waals surface area contributed by atoms with Crippen molar-refractivity contribution in [1.29, 1.82) is 0 Å². The van der Waals surface area contributed by atoms with Crippen LogP contribution in [0.3, 0.4) is 0 Å². The SMILES string of the molecule is CCCC(C)C(=O)N1CC2=C(C1)CN(S(=O)(=O)c1ccc3occc3c1)C2. The second-order valence-electron chi connectivity index (χ2n) is 7.48. The average Bonchev–Trinajstić information content (AvgIpc) is 3.34. The third-order valence-electron chi connectivity index (χ3n) is 5.51. The van der Waals surface area contributed by atoms with Gasteiger partial charge in [-0.25, -0.2) is 8.42 Å². The summed E-state index contributed by atoms with van der Waals surface area (Å²) in [5.74, 6) is 0.197. The Morgan fingerprint density at radius 3 is 2.52 bits per heavy atom. The summed E-state index contributed by atoms with van der Waals surface area (Å²) in [5.41, 5.74) is 2.81. The highest BCUT2D eigenvalue weighted by Crippen LogP contribution is 2.31. The molecule has 0 bridgehead atoms. The topological polar surface area (TPSA) is 70.8 Å². The number of carbonyl (C=O) groups is 1. The summed E-state index contributed by atoms with van der Waals surface area (Å²) in [5, 5.41) is 0.775. The van der Waals surface area contributed by atoms with E-state index in [1.807, 2.05) is 11.8 Å². The van der Waals surface area contributed by atoms with Gasteiger partial charge in [0.15, 0.2) is 0 Å². The Hall–Kier alpha value is -2.12. The lowest BCUT2D eigenvalue weighted by molar-refractivity contribution is -0.134. The molecular weight excluding hydrogens is 364 g/mol. The van der Waals surface area contributed by atoms with Crippen LogP contribution in [0.15, 0.2) is 51.0 Å². The average molecular weight is 388 g/mol. The molecule has 7 heteroatoms. The zero-order valence-corrected chi connectivity index (χ0v) is 16.5. The highest BCUT2D eigenvalue weighted by molar-refractivity contribution is 7.89. The number of furan rings is 1. The molecule has 0 saturated carbocycles. The largest absolute Gasteiger partial charge is 0.464 e. The van der Waals surface area contributed by atoms with E-state index in [2.05, 4.69) is 6.92 Å². The standard InChI is InChI=1S/C20H24N2O4S/c1-3-4-14(2)20(23)21-10-16-12-22(13-17(16)11-21)27(24,25)18-5-6-19-15(9-18)7-8-26-19/h5-9,14H,3-4,10-13H2,1-2H3. The van der Waals surface area contributed by atoms with Crippen LogP contribution in [-0.2, 0) is 14.8 Å². The van der Waals surface area contributed by atoms with Crippen LogP contribution in [-0.4, -0.2) is 49.7 Å². The first-order chi connectivity index (χ1) is 12.9. The maximum Gasteiger partial charge on any atom is 0.243 e. The Kier molecular flexibility index (Phi) is 4.60. The number of sulfonamides is 1. The van der Waals surface area contributed by atoms with Crippen molar-refractivity contribution in [2.45, 2.75) is 31.6 Å². The van der Waals surface area contributed by atoms with E-state index in [9.17, 15) is 13.2 Å². The monoisotopic (exact) mass is 388 g/mol. The zero-order chi connectivity index (χ0) is 19.2. The van der Waals surface area contributed by atoms with Gasteiger partial charge in [0.2, 0.25) is 15.9 Å². The number of carbonyl (C=O) groups excluding carboxylic acids is 1. The van der Waals surface area contributed by atoms with E-state index in [1.165, 1.54) is 4.31 Å². The number of fused-ring (bicyclic) bond motifs is 1. The highest BCUT2D eigenvalue weighted by Gasteiger charge is 2.38. The normalized spacial score (nSPS) is 19.1. The van der Waals surface area contributed by atoms with Gasteiger partial charge in [-0.15, -0.1) is 0 Å². The molecule has 6 nitrogen and oxygen atoms in total. The lowest BCUT2D eigenvalue weighted by Gasteiger charge is -2.25. The number of nitrogens with zero attached hydrogens (tertiary/aromatic N) is 2. The molecule has 0 saturated heterocycles. The molecule has 0 spiro atoms. The van der Waals surface area contributed by atoms with E-state index >= 15 is 0 Å². The minimum Gasteiger partial charge on any atom is -0.464 e. The van der Waals surface area contributed by atoms with Crippen molar-refractivity contribution in [1.82, 2.24) is 9.21 Å². The maximum absolute atomic E-state index is 13.0. The number of hydrogen-bond donors (Lipinski definition) is 0. The Bertz CT molecular complexity index is 1000. The predicted octanol–water partition coefficient (Wildman–Crippen LogP) is 3.01. The van der Waals surface area contributed by atoms with E-state index in [1.54, 1.807) is 30.5 Å². The molecule has 0 radical (unpaired) electrons. The first-order valence-electron chi connectivity index (χ1n) is 9.36. The third kappa shape index (κ3) is 3.19. The third-order valence-corrected chi connectivity index (χ3v) is 7.30. The lowest BCUT2D eigenvalue weighted by Crippen LogP contribution is -2.38. The van der Waals surface area contributed by atoms with Gasteiger partial charge in [-0.3, -0.25) is 4.79 Å². The van der Waals surface area contributed by atoms with Crippen LogP contribution in [0, 0.1) is 5.92 Å². The molecule has 144 valence electrons. The van der Waals surface area contributed by atoms with E-state index in [0.29, 0.717) is 31.8 Å². The summed E-state index contributed by atoms with van der Waals surface area (Å²) in [6.07, 6.45) is 3.43. The summed E-state index contributed by atoms with van der Waals surface area (Å²) in [4.78, 5) is 14.7. The van der Waals surface area contributed by atoms with Crippen LogP contribution in [0.2, 0.25) is 0 Å². The van der Waals surface area contributed by atoms with Gasteiger partial charge in [0.25, 0.3) is 0 Å². The van der Waals surface area contributed by atoms with E-state index in [-0.39, 0.29) is 16.7 Å².